The Morgan fingerprint density at radius 1 is 1.14 bits per heavy atom. The van der Waals surface area contributed by atoms with Gasteiger partial charge in [-0.15, -0.1) is 0 Å². The number of aryl methyl sites for hydroxylation is 1. The molecule has 0 aromatic heterocycles. The zero-order chi connectivity index (χ0) is 19.9. The van der Waals surface area contributed by atoms with E-state index in [0.717, 1.165) is 21.3 Å². The number of nitrogens with one attached hydrogen (secondary N) is 1. The number of hydrogen-bond acceptors (Lipinski definition) is 3. The number of ether oxygens (including phenoxy) is 1. The van der Waals surface area contributed by atoms with Crippen LogP contribution in [0.4, 0.5) is 11.4 Å². The van der Waals surface area contributed by atoms with Crippen LogP contribution < -0.4 is 10.1 Å². The second kappa shape index (κ2) is 9.53. The van der Waals surface area contributed by atoms with Crippen molar-refractivity contribution in [3.63, 3.8) is 0 Å². The quantitative estimate of drug-likeness (QED) is 0.449. The third kappa shape index (κ3) is 5.68. The fourth-order valence-corrected chi connectivity index (χ4v) is 3.08. The molecule has 0 atom stereocenters. The molecule has 0 aliphatic heterocycles. The lowest BCUT2D eigenvalue weighted by molar-refractivity contribution is -0.118. The molecule has 142 valence electrons. The van der Waals surface area contributed by atoms with Gasteiger partial charge in [-0.1, -0.05) is 35.9 Å². The molecule has 0 saturated heterocycles. The van der Waals surface area contributed by atoms with E-state index in [1.165, 1.54) is 0 Å². The van der Waals surface area contributed by atoms with Crippen molar-refractivity contribution in [2.45, 2.75) is 6.92 Å². The van der Waals surface area contributed by atoms with Gasteiger partial charge in [0.2, 0.25) is 0 Å². The summed E-state index contributed by atoms with van der Waals surface area (Å²) in [6.07, 6.45) is 1.78. The van der Waals surface area contributed by atoms with Crippen molar-refractivity contribution in [2.24, 2.45) is 4.99 Å². The molecule has 3 aromatic carbocycles. The number of anilines is 1. The molecule has 0 heterocycles. The van der Waals surface area contributed by atoms with E-state index in [0.29, 0.717) is 16.5 Å². The van der Waals surface area contributed by atoms with Gasteiger partial charge in [-0.05, 0) is 76.4 Å². The van der Waals surface area contributed by atoms with E-state index >= 15 is 0 Å². The zero-order valence-electron chi connectivity index (χ0n) is 15.2. The average Bonchev–Trinajstić information content (AvgIpc) is 2.69. The SMILES string of the molecule is Cc1ccc(NC(=O)COc2ccc(C=Nc3ccccc3)cc2Br)cc1Cl. The second-order valence-corrected chi connectivity index (χ2v) is 7.35. The number of para-hydroxylation sites is 1. The van der Waals surface area contributed by atoms with Gasteiger partial charge in [0, 0.05) is 16.9 Å². The summed E-state index contributed by atoms with van der Waals surface area (Å²) in [5.74, 6) is 0.315. The minimum atomic E-state index is -0.262. The van der Waals surface area contributed by atoms with Gasteiger partial charge in [0.1, 0.15) is 5.75 Å². The summed E-state index contributed by atoms with van der Waals surface area (Å²) in [5.41, 5.74) is 3.39. The van der Waals surface area contributed by atoms with Gasteiger partial charge in [0.05, 0.1) is 10.2 Å². The largest absolute Gasteiger partial charge is 0.483 e. The molecule has 0 saturated carbocycles. The molecule has 28 heavy (non-hydrogen) atoms. The smallest absolute Gasteiger partial charge is 0.262 e. The molecule has 6 heteroatoms. The van der Waals surface area contributed by atoms with E-state index < -0.39 is 0 Å². The van der Waals surface area contributed by atoms with E-state index in [2.05, 4.69) is 26.2 Å². The first kappa shape index (κ1) is 20.1. The molecule has 0 fully saturated rings. The van der Waals surface area contributed by atoms with Crippen LogP contribution in [0.3, 0.4) is 0 Å². The summed E-state index contributed by atoms with van der Waals surface area (Å²) < 4.78 is 6.35. The molecule has 1 N–H and O–H groups in total. The van der Waals surface area contributed by atoms with Crippen LogP contribution in [0, 0.1) is 6.92 Å². The summed E-state index contributed by atoms with van der Waals surface area (Å²) >= 11 is 9.54. The second-order valence-electron chi connectivity index (χ2n) is 6.08. The van der Waals surface area contributed by atoms with Crippen molar-refractivity contribution in [1.29, 1.82) is 0 Å². The van der Waals surface area contributed by atoms with Crippen molar-refractivity contribution in [3.05, 3.63) is 87.4 Å². The van der Waals surface area contributed by atoms with Gasteiger partial charge >= 0.3 is 0 Å². The fourth-order valence-electron chi connectivity index (χ4n) is 2.39. The fraction of sp³-hybridized carbons (Fsp3) is 0.0909. The molecule has 0 bridgehead atoms. The van der Waals surface area contributed by atoms with Crippen LogP contribution in [0.15, 0.2) is 76.2 Å². The molecule has 0 aliphatic rings. The van der Waals surface area contributed by atoms with Gasteiger partial charge in [-0.3, -0.25) is 9.79 Å². The Morgan fingerprint density at radius 2 is 1.93 bits per heavy atom. The lowest BCUT2D eigenvalue weighted by Crippen LogP contribution is -2.20. The maximum absolute atomic E-state index is 12.1. The number of aliphatic imine (C=N–C) groups is 1. The Hall–Kier alpha value is -2.63. The standard InChI is InChI=1S/C22H18BrClN2O2/c1-15-7-9-18(12-20(15)24)26-22(27)14-28-21-10-8-16(11-19(21)23)13-25-17-5-3-2-4-6-17/h2-13H,14H2,1H3,(H,26,27). The summed E-state index contributed by atoms with van der Waals surface area (Å²) in [7, 11) is 0. The van der Waals surface area contributed by atoms with E-state index in [1.807, 2.05) is 55.5 Å². The lowest BCUT2D eigenvalue weighted by atomic mass is 10.2. The maximum Gasteiger partial charge on any atom is 0.262 e. The third-order valence-corrected chi connectivity index (χ3v) is 4.92. The summed E-state index contributed by atoms with van der Waals surface area (Å²) in [6, 6.07) is 20.6. The number of halogens is 2. The van der Waals surface area contributed by atoms with Crippen molar-refractivity contribution in [1.82, 2.24) is 0 Å². The Balaban J connectivity index is 1.57. The zero-order valence-corrected chi connectivity index (χ0v) is 17.5. The number of rotatable bonds is 6. The first-order chi connectivity index (χ1) is 13.5. The topological polar surface area (TPSA) is 50.7 Å². The number of benzene rings is 3. The summed E-state index contributed by atoms with van der Waals surface area (Å²) in [6.45, 7) is 1.80. The van der Waals surface area contributed by atoms with E-state index in [-0.39, 0.29) is 12.5 Å². The van der Waals surface area contributed by atoms with Gasteiger partial charge in [-0.25, -0.2) is 0 Å². The highest BCUT2D eigenvalue weighted by Gasteiger charge is 2.08. The van der Waals surface area contributed by atoms with Gasteiger partial charge in [-0.2, -0.15) is 0 Å². The highest BCUT2D eigenvalue weighted by molar-refractivity contribution is 9.10. The van der Waals surface area contributed by atoms with Gasteiger partial charge in [0.15, 0.2) is 6.61 Å². The predicted octanol–water partition coefficient (Wildman–Crippen LogP) is 6.18. The van der Waals surface area contributed by atoms with Gasteiger partial charge < -0.3 is 10.1 Å². The average molecular weight is 458 g/mol. The van der Waals surface area contributed by atoms with Crippen molar-refractivity contribution in [3.8, 4) is 5.75 Å². The van der Waals surface area contributed by atoms with E-state index in [1.54, 1.807) is 24.4 Å². The number of carbonyl (C=O) groups is 1. The summed E-state index contributed by atoms with van der Waals surface area (Å²) in [5, 5.41) is 3.37. The molecule has 3 rings (SSSR count). The highest BCUT2D eigenvalue weighted by atomic mass is 79.9. The van der Waals surface area contributed by atoms with E-state index in [4.69, 9.17) is 16.3 Å². The number of hydrogen-bond donors (Lipinski definition) is 1. The third-order valence-electron chi connectivity index (χ3n) is 3.89. The number of nitrogens with zero attached hydrogens (tertiary/aromatic N) is 1. The Kier molecular flexibility index (Phi) is 6.85. The van der Waals surface area contributed by atoms with Crippen LogP contribution in [-0.4, -0.2) is 18.7 Å². The number of carbonyl (C=O) groups excluding carboxylic acids is 1. The molecular weight excluding hydrogens is 440 g/mol. The molecule has 0 spiro atoms. The molecular formula is C22H18BrClN2O2. The first-order valence-electron chi connectivity index (χ1n) is 8.59. The normalized spacial score (nSPS) is 10.8. The van der Waals surface area contributed by atoms with Crippen LogP contribution >= 0.6 is 27.5 Å². The monoisotopic (exact) mass is 456 g/mol. The molecule has 4 nitrogen and oxygen atoms in total. The number of amides is 1. The van der Waals surface area contributed by atoms with Gasteiger partial charge in [0.25, 0.3) is 5.91 Å². The molecule has 1 amide bonds. The Labute approximate surface area is 177 Å². The predicted molar refractivity (Wildman–Crippen MR) is 118 cm³/mol. The maximum atomic E-state index is 12.1. The minimum absolute atomic E-state index is 0.110. The van der Waals surface area contributed by atoms with Crippen molar-refractivity contribution >= 4 is 51.0 Å². The molecule has 0 unspecified atom stereocenters. The van der Waals surface area contributed by atoms with Crippen LogP contribution in [0.25, 0.3) is 0 Å². The van der Waals surface area contributed by atoms with E-state index in [9.17, 15) is 4.79 Å². The van der Waals surface area contributed by atoms with Crippen LogP contribution in [0.1, 0.15) is 11.1 Å². The van der Waals surface area contributed by atoms with Crippen LogP contribution in [0.2, 0.25) is 5.02 Å². The lowest BCUT2D eigenvalue weighted by Gasteiger charge is -2.10. The van der Waals surface area contributed by atoms with Crippen molar-refractivity contribution < 1.29 is 9.53 Å². The first-order valence-corrected chi connectivity index (χ1v) is 9.76. The Morgan fingerprint density at radius 3 is 2.64 bits per heavy atom. The van der Waals surface area contributed by atoms with Crippen LogP contribution in [0.5, 0.6) is 5.75 Å². The molecule has 3 aromatic rings. The molecule has 0 aliphatic carbocycles. The minimum Gasteiger partial charge on any atom is -0.483 e. The summed E-state index contributed by atoms with van der Waals surface area (Å²) in [4.78, 5) is 16.5. The highest BCUT2D eigenvalue weighted by Crippen LogP contribution is 2.26. The van der Waals surface area contributed by atoms with Crippen LogP contribution in [-0.2, 0) is 4.79 Å². The van der Waals surface area contributed by atoms with Crippen molar-refractivity contribution in [2.75, 3.05) is 11.9 Å². The molecule has 0 radical (unpaired) electrons. The Bertz CT molecular complexity index is 1010.